The second-order valence-corrected chi connectivity index (χ2v) is 6.88. The molecule has 0 aromatic heterocycles. The maximum Gasteiger partial charge on any atom is 0.124 e. The SMILES string of the molecule is C/C=C(\C)CNc1ccc2ccccc2c1-c1c(O)ccc2ccccc12. The van der Waals surface area contributed by atoms with Crippen LogP contribution in [-0.2, 0) is 0 Å². The molecule has 0 unspecified atom stereocenters. The number of hydrogen-bond acceptors (Lipinski definition) is 2. The monoisotopic (exact) mass is 353 g/mol. The molecule has 4 aromatic rings. The molecule has 4 rings (SSSR count). The van der Waals surface area contributed by atoms with Crippen LogP contribution in [0.5, 0.6) is 5.75 Å². The number of phenolic OH excluding ortho intramolecular Hbond substituents is 1. The van der Waals surface area contributed by atoms with E-state index in [4.69, 9.17) is 0 Å². The molecule has 0 aliphatic heterocycles. The molecule has 0 aliphatic rings. The number of benzene rings is 4. The van der Waals surface area contributed by atoms with Gasteiger partial charge in [-0.25, -0.2) is 0 Å². The summed E-state index contributed by atoms with van der Waals surface area (Å²) in [6.07, 6.45) is 2.11. The van der Waals surface area contributed by atoms with Gasteiger partial charge in [0.25, 0.3) is 0 Å². The standard InChI is InChI=1S/C25H23NO/c1-3-17(2)16-26-22-14-12-18-8-4-6-10-20(18)24(22)25-21-11-7-5-9-19(21)13-15-23(25)27/h3-15,26-27H,16H2,1-2H3/b17-3+. The van der Waals surface area contributed by atoms with E-state index in [-0.39, 0.29) is 0 Å². The highest BCUT2D eigenvalue weighted by molar-refractivity contribution is 6.11. The zero-order chi connectivity index (χ0) is 18.8. The molecule has 0 atom stereocenters. The molecule has 0 bridgehead atoms. The molecular formula is C25H23NO. The summed E-state index contributed by atoms with van der Waals surface area (Å²) in [5.74, 6) is 0.302. The van der Waals surface area contributed by atoms with Gasteiger partial charge in [0.15, 0.2) is 0 Å². The van der Waals surface area contributed by atoms with E-state index < -0.39 is 0 Å². The summed E-state index contributed by atoms with van der Waals surface area (Å²) in [6, 6.07) is 24.6. The summed E-state index contributed by atoms with van der Waals surface area (Å²) in [5.41, 5.74) is 4.23. The van der Waals surface area contributed by atoms with Crippen molar-refractivity contribution in [3.05, 3.63) is 84.4 Å². The lowest BCUT2D eigenvalue weighted by Gasteiger charge is -2.18. The summed E-state index contributed by atoms with van der Waals surface area (Å²) in [6.45, 7) is 4.94. The first-order valence-corrected chi connectivity index (χ1v) is 9.27. The minimum atomic E-state index is 0.302. The summed E-state index contributed by atoms with van der Waals surface area (Å²) in [7, 11) is 0. The third-order valence-electron chi connectivity index (χ3n) is 5.14. The molecule has 0 spiro atoms. The zero-order valence-corrected chi connectivity index (χ0v) is 15.7. The molecule has 0 fully saturated rings. The lowest BCUT2D eigenvalue weighted by molar-refractivity contribution is 0.478. The smallest absolute Gasteiger partial charge is 0.124 e. The van der Waals surface area contributed by atoms with Crippen LogP contribution in [-0.4, -0.2) is 11.7 Å². The van der Waals surface area contributed by atoms with Crippen LogP contribution in [0.4, 0.5) is 5.69 Å². The first kappa shape index (κ1) is 17.2. The minimum Gasteiger partial charge on any atom is -0.507 e. The fourth-order valence-electron chi connectivity index (χ4n) is 3.55. The van der Waals surface area contributed by atoms with E-state index in [1.165, 1.54) is 5.57 Å². The van der Waals surface area contributed by atoms with Crippen LogP contribution in [0.1, 0.15) is 13.8 Å². The quantitative estimate of drug-likeness (QED) is 0.398. The van der Waals surface area contributed by atoms with E-state index in [0.717, 1.165) is 44.9 Å². The highest BCUT2D eigenvalue weighted by atomic mass is 16.3. The molecule has 2 N–H and O–H groups in total. The molecule has 2 nitrogen and oxygen atoms in total. The third kappa shape index (κ3) is 3.15. The molecule has 0 heterocycles. The van der Waals surface area contributed by atoms with Crippen LogP contribution in [0, 0.1) is 0 Å². The maximum atomic E-state index is 10.8. The normalized spacial score (nSPS) is 11.9. The number of allylic oxidation sites excluding steroid dienone is 1. The van der Waals surface area contributed by atoms with Gasteiger partial charge in [-0.05, 0) is 47.5 Å². The molecule has 0 aliphatic carbocycles. The van der Waals surface area contributed by atoms with E-state index in [1.54, 1.807) is 6.07 Å². The van der Waals surface area contributed by atoms with Crippen LogP contribution < -0.4 is 5.32 Å². The van der Waals surface area contributed by atoms with Crippen molar-refractivity contribution in [3.8, 4) is 16.9 Å². The summed E-state index contributed by atoms with van der Waals surface area (Å²) < 4.78 is 0. The minimum absolute atomic E-state index is 0.302. The van der Waals surface area contributed by atoms with E-state index in [1.807, 2.05) is 24.3 Å². The molecule has 4 aromatic carbocycles. The summed E-state index contributed by atoms with van der Waals surface area (Å²) in [4.78, 5) is 0. The Balaban J connectivity index is 2.04. The fourth-order valence-corrected chi connectivity index (χ4v) is 3.55. The van der Waals surface area contributed by atoms with E-state index in [9.17, 15) is 5.11 Å². The molecule has 134 valence electrons. The molecular weight excluding hydrogens is 330 g/mol. The van der Waals surface area contributed by atoms with Crippen LogP contribution >= 0.6 is 0 Å². The van der Waals surface area contributed by atoms with Crippen molar-refractivity contribution in [1.29, 1.82) is 0 Å². The van der Waals surface area contributed by atoms with Gasteiger partial charge in [-0.2, -0.15) is 0 Å². The average Bonchev–Trinajstić information content (AvgIpc) is 2.72. The number of anilines is 1. The molecule has 0 saturated heterocycles. The molecule has 0 amide bonds. The van der Waals surface area contributed by atoms with E-state index >= 15 is 0 Å². The van der Waals surface area contributed by atoms with Crippen LogP contribution in [0.2, 0.25) is 0 Å². The first-order chi connectivity index (χ1) is 13.2. The highest BCUT2D eigenvalue weighted by Gasteiger charge is 2.16. The number of hydrogen-bond donors (Lipinski definition) is 2. The molecule has 0 radical (unpaired) electrons. The Morgan fingerprint density at radius 3 is 2.07 bits per heavy atom. The van der Waals surface area contributed by atoms with Gasteiger partial charge in [0.1, 0.15) is 5.75 Å². The Bertz CT molecular complexity index is 1160. The van der Waals surface area contributed by atoms with Crippen LogP contribution in [0.25, 0.3) is 32.7 Å². The van der Waals surface area contributed by atoms with Gasteiger partial charge in [-0.3, -0.25) is 0 Å². The second kappa shape index (κ2) is 7.16. The third-order valence-corrected chi connectivity index (χ3v) is 5.14. The predicted octanol–water partition coefficient (Wildman–Crippen LogP) is 6.74. The van der Waals surface area contributed by atoms with Gasteiger partial charge in [0, 0.05) is 23.4 Å². The number of fused-ring (bicyclic) bond motifs is 2. The highest BCUT2D eigenvalue weighted by Crippen LogP contribution is 2.43. The fraction of sp³-hybridized carbons (Fsp3) is 0.120. The van der Waals surface area contributed by atoms with Crippen molar-refractivity contribution < 1.29 is 5.11 Å². The van der Waals surface area contributed by atoms with Gasteiger partial charge in [-0.1, -0.05) is 72.3 Å². The van der Waals surface area contributed by atoms with Crippen molar-refractivity contribution in [2.45, 2.75) is 13.8 Å². The van der Waals surface area contributed by atoms with Crippen molar-refractivity contribution in [2.24, 2.45) is 0 Å². The van der Waals surface area contributed by atoms with Gasteiger partial charge < -0.3 is 10.4 Å². The summed E-state index contributed by atoms with van der Waals surface area (Å²) >= 11 is 0. The number of nitrogens with one attached hydrogen (secondary N) is 1. The maximum absolute atomic E-state index is 10.8. The largest absolute Gasteiger partial charge is 0.507 e. The van der Waals surface area contributed by atoms with Crippen molar-refractivity contribution in [2.75, 3.05) is 11.9 Å². The van der Waals surface area contributed by atoms with Gasteiger partial charge in [0.05, 0.1) is 0 Å². The number of rotatable bonds is 4. The second-order valence-electron chi connectivity index (χ2n) is 6.88. The number of phenols is 1. The lowest BCUT2D eigenvalue weighted by atomic mass is 9.91. The Morgan fingerprint density at radius 1 is 0.815 bits per heavy atom. The Hall–Kier alpha value is -3.26. The predicted molar refractivity (Wildman–Crippen MR) is 116 cm³/mol. The van der Waals surface area contributed by atoms with Gasteiger partial charge in [0.2, 0.25) is 0 Å². The lowest BCUT2D eigenvalue weighted by Crippen LogP contribution is -2.04. The average molecular weight is 353 g/mol. The molecule has 2 heteroatoms. The Labute approximate surface area is 159 Å². The zero-order valence-electron chi connectivity index (χ0n) is 15.7. The summed E-state index contributed by atoms with van der Waals surface area (Å²) in [5, 5.41) is 18.9. The van der Waals surface area contributed by atoms with Crippen LogP contribution in [0.15, 0.2) is 84.4 Å². The Kier molecular flexibility index (Phi) is 4.55. The topological polar surface area (TPSA) is 32.3 Å². The van der Waals surface area contributed by atoms with Crippen LogP contribution in [0.3, 0.4) is 0 Å². The van der Waals surface area contributed by atoms with Crippen molar-refractivity contribution in [3.63, 3.8) is 0 Å². The molecule has 0 saturated carbocycles. The van der Waals surface area contributed by atoms with Gasteiger partial charge >= 0.3 is 0 Å². The Morgan fingerprint density at radius 2 is 1.41 bits per heavy atom. The first-order valence-electron chi connectivity index (χ1n) is 9.27. The van der Waals surface area contributed by atoms with Crippen molar-refractivity contribution in [1.82, 2.24) is 0 Å². The van der Waals surface area contributed by atoms with Crippen molar-refractivity contribution >= 4 is 27.2 Å². The molecule has 27 heavy (non-hydrogen) atoms. The number of aromatic hydroxyl groups is 1. The van der Waals surface area contributed by atoms with Gasteiger partial charge in [-0.15, -0.1) is 0 Å². The van der Waals surface area contributed by atoms with E-state index in [0.29, 0.717) is 5.75 Å². The van der Waals surface area contributed by atoms with E-state index in [2.05, 4.69) is 67.7 Å².